The number of hydrogen-bond donors (Lipinski definition) is 1. The summed E-state index contributed by atoms with van der Waals surface area (Å²) in [5.74, 6) is 1.88. The predicted octanol–water partition coefficient (Wildman–Crippen LogP) is 6.31. The number of aromatic nitrogens is 2. The molecule has 4 rings (SSSR count). The SMILES string of the molecule is CCCCc1nc(NCc2ccc(-c3ccccc3)cc2)c2ccsc2n1. The Labute approximate surface area is 164 Å². The molecular weight excluding hydrogens is 350 g/mol. The standard InChI is InChI=1S/C23H23N3S/c1-2-3-9-21-25-22(20-14-15-27-23(20)26-21)24-16-17-10-12-19(13-11-17)18-7-5-4-6-8-18/h4-8,10-15H,2-3,9,16H2,1H3,(H,24,25,26). The van der Waals surface area contributed by atoms with Crippen LogP contribution in [0.1, 0.15) is 31.2 Å². The fraction of sp³-hybridized carbons (Fsp3) is 0.217. The van der Waals surface area contributed by atoms with E-state index in [2.05, 4.69) is 72.2 Å². The van der Waals surface area contributed by atoms with Crippen LogP contribution in [-0.4, -0.2) is 9.97 Å². The van der Waals surface area contributed by atoms with Gasteiger partial charge in [-0.25, -0.2) is 9.97 Å². The summed E-state index contributed by atoms with van der Waals surface area (Å²) in [4.78, 5) is 10.5. The predicted molar refractivity (Wildman–Crippen MR) is 115 cm³/mol. The molecule has 136 valence electrons. The lowest BCUT2D eigenvalue weighted by Gasteiger charge is -2.10. The Morgan fingerprint density at radius 2 is 1.67 bits per heavy atom. The quantitative estimate of drug-likeness (QED) is 0.412. The molecule has 2 aromatic carbocycles. The summed E-state index contributed by atoms with van der Waals surface area (Å²) < 4.78 is 0. The topological polar surface area (TPSA) is 37.8 Å². The van der Waals surface area contributed by atoms with Gasteiger partial charge >= 0.3 is 0 Å². The van der Waals surface area contributed by atoms with Gasteiger partial charge in [-0.15, -0.1) is 11.3 Å². The summed E-state index contributed by atoms with van der Waals surface area (Å²) in [6.07, 6.45) is 3.21. The number of nitrogens with one attached hydrogen (secondary N) is 1. The highest BCUT2D eigenvalue weighted by Crippen LogP contribution is 2.26. The number of anilines is 1. The Balaban J connectivity index is 1.50. The van der Waals surface area contributed by atoms with Gasteiger partial charge in [0.15, 0.2) is 0 Å². The van der Waals surface area contributed by atoms with Crippen LogP contribution in [0.25, 0.3) is 21.3 Å². The minimum atomic E-state index is 0.754. The maximum absolute atomic E-state index is 4.78. The molecule has 0 saturated heterocycles. The first-order valence-electron chi connectivity index (χ1n) is 9.46. The van der Waals surface area contributed by atoms with Crippen LogP contribution in [0.15, 0.2) is 66.0 Å². The summed E-state index contributed by atoms with van der Waals surface area (Å²) in [6.45, 7) is 2.95. The lowest BCUT2D eigenvalue weighted by Crippen LogP contribution is -2.05. The zero-order chi connectivity index (χ0) is 18.5. The van der Waals surface area contributed by atoms with E-state index in [0.29, 0.717) is 0 Å². The lowest BCUT2D eigenvalue weighted by atomic mass is 10.0. The Bertz CT molecular complexity index is 1010. The van der Waals surface area contributed by atoms with E-state index in [1.54, 1.807) is 11.3 Å². The van der Waals surface area contributed by atoms with Crippen molar-refractivity contribution in [2.45, 2.75) is 32.7 Å². The van der Waals surface area contributed by atoms with Crippen molar-refractivity contribution in [1.82, 2.24) is 9.97 Å². The van der Waals surface area contributed by atoms with Crippen LogP contribution in [-0.2, 0) is 13.0 Å². The molecule has 1 N–H and O–H groups in total. The molecule has 0 aliphatic rings. The zero-order valence-electron chi connectivity index (χ0n) is 15.5. The van der Waals surface area contributed by atoms with Crippen LogP contribution in [0.3, 0.4) is 0 Å². The minimum absolute atomic E-state index is 0.754. The first kappa shape index (κ1) is 17.7. The van der Waals surface area contributed by atoms with Crippen molar-refractivity contribution in [3.63, 3.8) is 0 Å². The molecule has 2 heterocycles. The summed E-state index contributed by atoms with van der Waals surface area (Å²) in [7, 11) is 0. The Morgan fingerprint density at radius 3 is 2.44 bits per heavy atom. The van der Waals surface area contributed by atoms with Crippen LogP contribution in [0.5, 0.6) is 0 Å². The van der Waals surface area contributed by atoms with E-state index in [1.807, 2.05) is 6.07 Å². The van der Waals surface area contributed by atoms with E-state index >= 15 is 0 Å². The summed E-state index contributed by atoms with van der Waals surface area (Å²) in [5, 5.41) is 6.72. The maximum Gasteiger partial charge on any atom is 0.138 e. The van der Waals surface area contributed by atoms with Crippen molar-refractivity contribution in [3.05, 3.63) is 77.4 Å². The fourth-order valence-electron chi connectivity index (χ4n) is 3.11. The molecule has 3 nitrogen and oxygen atoms in total. The van der Waals surface area contributed by atoms with Crippen molar-refractivity contribution in [3.8, 4) is 11.1 Å². The molecule has 4 heteroatoms. The van der Waals surface area contributed by atoms with Crippen molar-refractivity contribution >= 4 is 27.4 Å². The van der Waals surface area contributed by atoms with Gasteiger partial charge < -0.3 is 5.32 Å². The minimum Gasteiger partial charge on any atom is -0.365 e. The summed E-state index contributed by atoms with van der Waals surface area (Å²) in [5.41, 5.74) is 3.73. The van der Waals surface area contributed by atoms with Crippen molar-refractivity contribution < 1.29 is 0 Å². The number of thiophene rings is 1. The molecule has 0 spiro atoms. The van der Waals surface area contributed by atoms with E-state index in [-0.39, 0.29) is 0 Å². The van der Waals surface area contributed by atoms with Crippen LogP contribution in [0.2, 0.25) is 0 Å². The number of rotatable bonds is 7. The van der Waals surface area contributed by atoms with Gasteiger partial charge in [0, 0.05) is 13.0 Å². The second-order valence-corrected chi connectivity index (χ2v) is 7.54. The molecule has 0 fully saturated rings. The molecule has 27 heavy (non-hydrogen) atoms. The molecule has 4 aromatic rings. The van der Waals surface area contributed by atoms with Gasteiger partial charge in [0.05, 0.1) is 5.39 Å². The second-order valence-electron chi connectivity index (χ2n) is 6.65. The van der Waals surface area contributed by atoms with Crippen LogP contribution >= 0.6 is 11.3 Å². The fourth-order valence-corrected chi connectivity index (χ4v) is 3.90. The first-order chi connectivity index (χ1) is 13.3. The highest BCUT2D eigenvalue weighted by atomic mass is 32.1. The van der Waals surface area contributed by atoms with E-state index in [1.165, 1.54) is 16.7 Å². The molecule has 0 amide bonds. The highest BCUT2D eigenvalue weighted by Gasteiger charge is 2.09. The van der Waals surface area contributed by atoms with Gasteiger partial charge in [0.2, 0.25) is 0 Å². The van der Waals surface area contributed by atoms with E-state index in [9.17, 15) is 0 Å². The molecule has 0 atom stereocenters. The first-order valence-corrected chi connectivity index (χ1v) is 10.3. The zero-order valence-corrected chi connectivity index (χ0v) is 16.3. The average Bonchev–Trinajstić information content (AvgIpc) is 3.20. The lowest BCUT2D eigenvalue weighted by molar-refractivity contribution is 0.757. The molecular formula is C23H23N3S. The highest BCUT2D eigenvalue weighted by molar-refractivity contribution is 7.16. The van der Waals surface area contributed by atoms with Crippen LogP contribution in [0.4, 0.5) is 5.82 Å². The summed E-state index contributed by atoms with van der Waals surface area (Å²) in [6, 6.07) is 21.3. The largest absolute Gasteiger partial charge is 0.365 e. The summed E-state index contributed by atoms with van der Waals surface area (Å²) >= 11 is 1.68. The van der Waals surface area contributed by atoms with Crippen molar-refractivity contribution in [2.24, 2.45) is 0 Å². The van der Waals surface area contributed by atoms with E-state index < -0.39 is 0 Å². The number of fused-ring (bicyclic) bond motifs is 1. The van der Waals surface area contributed by atoms with E-state index in [0.717, 1.165) is 47.7 Å². The third kappa shape index (κ3) is 4.17. The van der Waals surface area contributed by atoms with E-state index in [4.69, 9.17) is 9.97 Å². The molecule has 0 radical (unpaired) electrons. The Kier molecular flexibility index (Phi) is 5.45. The van der Waals surface area contributed by atoms with Gasteiger partial charge in [-0.2, -0.15) is 0 Å². The Morgan fingerprint density at radius 1 is 0.889 bits per heavy atom. The van der Waals surface area contributed by atoms with Crippen molar-refractivity contribution in [1.29, 1.82) is 0 Å². The third-order valence-corrected chi connectivity index (χ3v) is 5.45. The number of benzene rings is 2. The number of unbranched alkanes of at least 4 members (excludes halogenated alkanes) is 1. The molecule has 2 aromatic heterocycles. The van der Waals surface area contributed by atoms with Crippen LogP contribution in [0, 0.1) is 0 Å². The molecule has 0 unspecified atom stereocenters. The molecule has 0 saturated carbocycles. The van der Waals surface area contributed by atoms with Crippen LogP contribution < -0.4 is 5.32 Å². The number of hydrogen-bond acceptors (Lipinski definition) is 4. The maximum atomic E-state index is 4.78. The number of nitrogens with zero attached hydrogens (tertiary/aromatic N) is 2. The monoisotopic (exact) mass is 373 g/mol. The molecule has 0 aliphatic carbocycles. The van der Waals surface area contributed by atoms with Gasteiger partial charge in [-0.1, -0.05) is 67.9 Å². The molecule has 0 bridgehead atoms. The van der Waals surface area contributed by atoms with Gasteiger partial charge in [-0.05, 0) is 34.6 Å². The number of aryl methyl sites for hydroxylation is 1. The second kappa shape index (κ2) is 8.31. The molecule has 0 aliphatic heterocycles. The average molecular weight is 374 g/mol. The van der Waals surface area contributed by atoms with Gasteiger partial charge in [0.25, 0.3) is 0 Å². The third-order valence-electron chi connectivity index (χ3n) is 4.65. The Hall–Kier alpha value is -2.72. The van der Waals surface area contributed by atoms with Crippen molar-refractivity contribution in [2.75, 3.05) is 5.32 Å². The smallest absolute Gasteiger partial charge is 0.138 e. The van der Waals surface area contributed by atoms with Gasteiger partial charge in [0.1, 0.15) is 16.5 Å². The van der Waals surface area contributed by atoms with Gasteiger partial charge in [-0.3, -0.25) is 0 Å². The normalized spacial score (nSPS) is 11.0.